The zero-order valence-electron chi connectivity index (χ0n) is 15.7. The zero-order valence-corrected chi connectivity index (χ0v) is 15.7. The van der Waals surface area contributed by atoms with Crippen molar-refractivity contribution in [2.45, 2.75) is 31.7 Å². The van der Waals surface area contributed by atoms with Crippen molar-refractivity contribution in [1.82, 2.24) is 5.01 Å². The highest BCUT2D eigenvalue weighted by atomic mass is 16.5. The highest BCUT2D eigenvalue weighted by molar-refractivity contribution is 5.79. The van der Waals surface area contributed by atoms with Gasteiger partial charge in [0.2, 0.25) is 0 Å². The molecule has 0 amide bonds. The average molecular weight is 337 g/mol. The summed E-state index contributed by atoms with van der Waals surface area (Å²) in [7, 11) is 5.61. The molecule has 0 aromatic heterocycles. The van der Waals surface area contributed by atoms with E-state index in [9.17, 15) is 0 Å². The van der Waals surface area contributed by atoms with Crippen molar-refractivity contribution in [2.24, 2.45) is 5.10 Å². The minimum absolute atomic E-state index is 0.172. The molecule has 1 heterocycles. The molecule has 0 saturated heterocycles. The van der Waals surface area contributed by atoms with Crippen LogP contribution in [0, 0.1) is 6.92 Å². The summed E-state index contributed by atoms with van der Waals surface area (Å²) in [6, 6.07) is 15.3. The van der Waals surface area contributed by atoms with Crippen molar-refractivity contribution in [2.75, 3.05) is 26.5 Å². The second-order valence-electron chi connectivity index (χ2n) is 7.23. The number of hydrogen-bond donors (Lipinski definition) is 1. The molecule has 0 fully saturated rings. The Morgan fingerprint density at radius 3 is 2.56 bits per heavy atom. The lowest BCUT2D eigenvalue weighted by atomic mass is 9.73. The fourth-order valence-corrected chi connectivity index (χ4v) is 3.39. The Labute approximate surface area is 150 Å². The first-order valence-corrected chi connectivity index (χ1v) is 8.65. The smallest absolute Gasteiger partial charge is 0.119 e. The number of nitrogens with zero attached hydrogens (tertiary/aromatic N) is 2. The first-order chi connectivity index (χ1) is 11.9. The number of aryl methyl sites for hydroxylation is 1. The lowest BCUT2D eigenvalue weighted by Crippen LogP contribution is -2.35. The van der Waals surface area contributed by atoms with Crippen LogP contribution in [0.5, 0.6) is 5.75 Å². The fraction of sp³-hybridized carbons (Fsp3) is 0.381. The largest absolute Gasteiger partial charge is 0.497 e. The standard InChI is InChI=1S/C21H27N3O/c1-15-6-8-16(9-7-15)20-13-21(2,14-22-24(3)4)18-12-17(25-5)10-11-19(18)23-20/h6-12,14,20,23H,13H2,1-5H3/b22-14+/t20-,21+/m0/s1. The number of anilines is 1. The Kier molecular flexibility index (Phi) is 4.71. The van der Waals surface area contributed by atoms with Gasteiger partial charge in [-0.1, -0.05) is 36.8 Å². The molecule has 25 heavy (non-hydrogen) atoms. The lowest BCUT2D eigenvalue weighted by molar-refractivity contribution is 0.410. The van der Waals surface area contributed by atoms with Crippen LogP contribution in [0.3, 0.4) is 0 Å². The molecule has 2 aromatic rings. The molecular formula is C21H27N3O. The third-order valence-electron chi connectivity index (χ3n) is 4.85. The molecule has 4 nitrogen and oxygen atoms in total. The first kappa shape index (κ1) is 17.3. The minimum atomic E-state index is -0.172. The van der Waals surface area contributed by atoms with Gasteiger partial charge in [0.1, 0.15) is 5.75 Å². The predicted molar refractivity (Wildman–Crippen MR) is 105 cm³/mol. The van der Waals surface area contributed by atoms with E-state index >= 15 is 0 Å². The van der Waals surface area contributed by atoms with E-state index in [1.54, 1.807) is 7.11 Å². The van der Waals surface area contributed by atoms with E-state index in [0.717, 1.165) is 17.9 Å². The molecule has 1 aliphatic heterocycles. The topological polar surface area (TPSA) is 36.9 Å². The van der Waals surface area contributed by atoms with E-state index < -0.39 is 0 Å². The third-order valence-corrected chi connectivity index (χ3v) is 4.85. The van der Waals surface area contributed by atoms with Gasteiger partial charge in [0, 0.05) is 31.4 Å². The quantitative estimate of drug-likeness (QED) is 0.665. The number of rotatable bonds is 4. The van der Waals surface area contributed by atoms with E-state index in [-0.39, 0.29) is 11.5 Å². The highest BCUT2D eigenvalue weighted by Crippen LogP contribution is 2.44. The molecule has 0 saturated carbocycles. The fourth-order valence-electron chi connectivity index (χ4n) is 3.39. The molecule has 3 rings (SSSR count). The number of fused-ring (bicyclic) bond motifs is 1. The molecule has 132 valence electrons. The maximum atomic E-state index is 5.44. The number of ether oxygens (including phenoxy) is 1. The molecule has 4 heteroatoms. The summed E-state index contributed by atoms with van der Waals surface area (Å²) in [4.78, 5) is 0. The number of methoxy groups -OCH3 is 1. The summed E-state index contributed by atoms with van der Waals surface area (Å²) >= 11 is 0. The Morgan fingerprint density at radius 2 is 1.92 bits per heavy atom. The van der Waals surface area contributed by atoms with Crippen LogP contribution in [0.4, 0.5) is 5.69 Å². The highest BCUT2D eigenvalue weighted by Gasteiger charge is 2.36. The van der Waals surface area contributed by atoms with Crippen molar-refractivity contribution >= 4 is 11.9 Å². The third kappa shape index (κ3) is 3.63. The van der Waals surface area contributed by atoms with Crippen LogP contribution in [0.1, 0.15) is 36.1 Å². The van der Waals surface area contributed by atoms with Crippen LogP contribution in [0.25, 0.3) is 0 Å². The molecule has 0 spiro atoms. The summed E-state index contributed by atoms with van der Waals surface area (Å²) in [5, 5.41) is 10.1. The van der Waals surface area contributed by atoms with Crippen LogP contribution in [-0.2, 0) is 5.41 Å². The summed E-state index contributed by atoms with van der Waals surface area (Å²) in [5.41, 5.74) is 4.78. The van der Waals surface area contributed by atoms with Gasteiger partial charge in [-0.3, -0.25) is 0 Å². The first-order valence-electron chi connectivity index (χ1n) is 8.65. The molecular weight excluding hydrogens is 310 g/mol. The second-order valence-corrected chi connectivity index (χ2v) is 7.23. The van der Waals surface area contributed by atoms with E-state index in [1.807, 2.05) is 25.2 Å². The lowest BCUT2D eigenvalue weighted by Gasteiger charge is -2.39. The number of hydrazone groups is 1. The molecule has 0 radical (unpaired) electrons. The Morgan fingerprint density at radius 1 is 1.20 bits per heavy atom. The molecule has 2 aromatic carbocycles. The van der Waals surface area contributed by atoms with Gasteiger partial charge in [-0.05, 0) is 42.7 Å². The molecule has 0 bridgehead atoms. The number of hydrogen-bond acceptors (Lipinski definition) is 4. The maximum Gasteiger partial charge on any atom is 0.119 e. The summed E-state index contributed by atoms with van der Waals surface area (Å²) in [6.07, 6.45) is 3.00. The predicted octanol–water partition coefficient (Wildman–Crippen LogP) is 4.37. The molecule has 0 aliphatic carbocycles. The summed E-state index contributed by atoms with van der Waals surface area (Å²) in [6.45, 7) is 4.37. The molecule has 0 unspecified atom stereocenters. The number of nitrogens with one attached hydrogen (secondary N) is 1. The molecule has 1 N–H and O–H groups in total. The van der Waals surface area contributed by atoms with Gasteiger partial charge in [-0.15, -0.1) is 0 Å². The van der Waals surface area contributed by atoms with Gasteiger partial charge in [0.15, 0.2) is 0 Å². The maximum absolute atomic E-state index is 5.44. The van der Waals surface area contributed by atoms with Crippen molar-refractivity contribution in [1.29, 1.82) is 0 Å². The zero-order chi connectivity index (χ0) is 18.0. The van der Waals surface area contributed by atoms with E-state index in [0.29, 0.717) is 0 Å². The van der Waals surface area contributed by atoms with Crippen LogP contribution in [0.15, 0.2) is 47.6 Å². The van der Waals surface area contributed by atoms with Crippen molar-refractivity contribution in [3.8, 4) is 5.75 Å². The van der Waals surface area contributed by atoms with Gasteiger partial charge in [-0.25, -0.2) is 0 Å². The van der Waals surface area contributed by atoms with Crippen LogP contribution in [0.2, 0.25) is 0 Å². The van der Waals surface area contributed by atoms with Crippen LogP contribution >= 0.6 is 0 Å². The van der Waals surface area contributed by atoms with Crippen molar-refractivity contribution in [3.05, 3.63) is 59.2 Å². The molecule has 1 aliphatic rings. The SMILES string of the molecule is COc1ccc2c(c1)[C@@](C)(/C=N/N(C)C)C[C@@H](c1ccc(C)cc1)N2. The van der Waals surface area contributed by atoms with Gasteiger partial charge in [0.25, 0.3) is 0 Å². The summed E-state index contributed by atoms with van der Waals surface area (Å²) in [5.74, 6) is 0.874. The Balaban J connectivity index is 2.04. The minimum Gasteiger partial charge on any atom is -0.497 e. The van der Waals surface area contributed by atoms with Crippen molar-refractivity contribution in [3.63, 3.8) is 0 Å². The molecule has 2 atom stereocenters. The average Bonchev–Trinajstić information content (AvgIpc) is 2.60. The van der Waals surface area contributed by atoms with Crippen LogP contribution < -0.4 is 10.1 Å². The van der Waals surface area contributed by atoms with Crippen molar-refractivity contribution < 1.29 is 4.74 Å². The van der Waals surface area contributed by atoms with Gasteiger partial charge >= 0.3 is 0 Å². The van der Waals surface area contributed by atoms with E-state index in [2.05, 4.69) is 66.9 Å². The van der Waals surface area contributed by atoms with Gasteiger partial charge in [0.05, 0.1) is 13.2 Å². The monoisotopic (exact) mass is 337 g/mol. The van der Waals surface area contributed by atoms with E-state index in [4.69, 9.17) is 4.74 Å². The van der Waals surface area contributed by atoms with Gasteiger partial charge in [-0.2, -0.15) is 5.10 Å². The summed E-state index contributed by atoms with van der Waals surface area (Å²) < 4.78 is 5.44. The number of benzene rings is 2. The Bertz CT molecular complexity index is 767. The van der Waals surface area contributed by atoms with Gasteiger partial charge < -0.3 is 15.1 Å². The van der Waals surface area contributed by atoms with Crippen LogP contribution in [-0.4, -0.2) is 32.4 Å². The normalized spacial score (nSPS) is 22.4. The second kappa shape index (κ2) is 6.79. The Hall–Kier alpha value is -2.49. The van der Waals surface area contributed by atoms with E-state index in [1.165, 1.54) is 16.7 Å².